The number of carbonyl (C=O) groups excluding carboxylic acids is 1. The fourth-order valence-electron chi connectivity index (χ4n) is 1.80. The van der Waals surface area contributed by atoms with E-state index in [0.29, 0.717) is 11.6 Å². The molecule has 2 rings (SSSR count). The number of nitrogens with zero attached hydrogens (tertiary/aromatic N) is 4. The van der Waals surface area contributed by atoms with E-state index in [4.69, 9.17) is 10.2 Å². The molecule has 23 heavy (non-hydrogen) atoms. The number of hydrogen-bond acceptors (Lipinski definition) is 9. The zero-order valence-corrected chi connectivity index (χ0v) is 14.4. The average Bonchev–Trinajstić information content (AvgIpc) is 2.97. The molecule has 0 atom stereocenters. The standard InChI is InChI=1S/C12H15N5O4S2/c1-16-9(13)8(10(19)17(2)12(16)20)6(18)4-23-11-15-14-7(21-11)5-22-3/h4-5,13H2,1-3H3. The van der Waals surface area contributed by atoms with Crippen molar-refractivity contribution in [3.63, 3.8) is 0 Å². The summed E-state index contributed by atoms with van der Waals surface area (Å²) in [6.45, 7) is 0. The third kappa shape index (κ3) is 3.50. The summed E-state index contributed by atoms with van der Waals surface area (Å²) in [5.74, 6) is 0.282. The van der Waals surface area contributed by atoms with Gasteiger partial charge in [-0.25, -0.2) is 4.79 Å². The fourth-order valence-corrected chi connectivity index (χ4v) is 2.82. The topological polar surface area (TPSA) is 126 Å². The number of Topliss-reactive ketones (excluding diaryl/α,β-unsaturated/α-hetero) is 1. The number of ketones is 1. The summed E-state index contributed by atoms with van der Waals surface area (Å²) in [6, 6.07) is 0. The van der Waals surface area contributed by atoms with Gasteiger partial charge in [0.1, 0.15) is 11.4 Å². The number of carbonyl (C=O) groups is 1. The highest BCUT2D eigenvalue weighted by atomic mass is 32.2. The van der Waals surface area contributed by atoms with Crippen LogP contribution >= 0.6 is 23.5 Å². The van der Waals surface area contributed by atoms with Gasteiger partial charge in [-0.3, -0.25) is 18.7 Å². The minimum Gasteiger partial charge on any atom is -0.415 e. The minimum absolute atomic E-state index is 0.0987. The molecule has 124 valence electrons. The predicted molar refractivity (Wildman–Crippen MR) is 87.9 cm³/mol. The number of anilines is 1. The first-order chi connectivity index (χ1) is 10.9. The predicted octanol–water partition coefficient (Wildman–Crippen LogP) is -0.113. The molecule has 0 saturated carbocycles. The number of aromatic nitrogens is 4. The largest absolute Gasteiger partial charge is 0.415 e. The second-order valence-electron chi connectivity index (χ2n) is 4.57. The van der Waals surface area contributed by atoms with Crippen LogP contribution in [-0.4, -0.2) is 37.1 Å². The van der Waals surface area contributed by atoms with Crippen LogP contribution in [0.5, 0.6) is 0 Å². The van der Waals surface area contributed by atoms with E-state index in [9.17, 15) is 14.4 Å². The Labute approximate surface area is 139 Å². The van der Waals surface area contributed by atoms with Crippen LogP contribution in [0.2, 0.25) is 0 Å². The second-order valence-corrected chi connectivity index (χ2v) is 6.37. The van der Waals surface area contributed by atoms with Crippen LogP contribution in [0.1, 0.15) is 16.2 Å². The van der Waals surface area contributed by atoms with E-state index in [2.05, 4.69) is 10.2 Å². The molecule has 0 saturated heterocycles. The lowest BCUT2D eigenvalue weighted by molar-refractivity contribution is 0.102. The molecule has 0 aliphatic heterocycles. The molecular weight excluding hydrogens is 342 g/mol. The Morgan fingerprint density at radius 3 is 2.61 bits per heavy atom. The lowest BCUT2D eigenvalue weighted by Crippen LogP contribution is -2.41. The SMILES string of the molecule is CSCc1nnc(SCC(=O)c2c(N)n(C)c(=O)n(C)c2=O)o1. The van der Waals surface area contributed by atoms with Gasteiger partial charge in [0.25, 0.3) is 10.8 Å². The van der Waals surface area contributed by atoms with Gasteiger partial charge in [0.2, 0.25) is 5.89 Å². The lowest BCUT2D eigenvalue weighted by atomic mass is 10.2. The molecule has 2 heterocycles. The van der Waals surface area contributed by atoms with Gasteiger partial charge >= 0.3 is 5.69 Å². The van der Waals surface area contributed by atoms with Crippen LogP contribution in [0.3, 0.4) is 0 Å². The molecule has 0 fully saturated rings. The molecule has 0 unspecified atom stereocenters. The van der Waals surface area contributed by atoms with Crippen molar-refractivity contribution < 1.29 is 9.21 Å². The summed E-state index contributed by atoms with van der Waals surface area (Å²) < 4.78 is 7.24. The lowest BCUT2D eigenvalue weighted by Gasteiger charge is -2.10. The fraction of sp³-hybridized carbons (Fsp3) is 0.417. The third-order valence-electron chi connectivity index (χ3n) is 3.03. The van der Waals surface area contributed by atoms with Gasteiger partial charge in [-0.2, -0.15) is 11.8 Å². The Balaban J connectivity index is 2.21. The highest BCUT2D eigenvalue weighted by molar-refractivity contribution is 7.99. The van der Waals surface area contributed by atoms with Crippen molar-refractivity contribution >= 4 is 35.1 Å². The maximum atomic E-state index is 12.3. The Kier molecular flexibility index (Phi) is 5.31. The Hall–Kier alpha value is -2.01. The van der Waals surface area contributed by atoms with E-state index >= 15 is 0 Å². The molecule has 0 bridgehead atoms. The van der Waals surface area contributed by atoms with Gasteiger partial charge in [-0.15, -0.1) is 10.2 Å². The van der Waals surface area contributed by atoms with E-state index in [1.165, 1.54) is 25.9 Å². The maximum absolute atomic E-state index is 12.3. The number of nitrogens with two attached hydrogens (primary N) is 1. The van der Waals surface area contributed by atoms with Gasteiger partial charge in [0.05, 0.1) is 11.5 Å². The first kappa shape index (κ1) is 17.3. The molecule has 2 aromatic heterocycles. The van der Waals surface area contributed by atoms with Crippen molar-refractivity contribution in [2.75, 3.05) is 17.7 Å². The summed E-state index contributed by atoms with van der Waals surface area (Å²) in [6.07, 6.45) is 1.90. The second kappa shape index (κ2) is 7.04. The Morgan fingerprint density at radius 2 is 1.96 bits per heavy atom. The summed E-state index contributed by atoms with van der Waals surface area (Å²) >= 11 is 2.55. The smallest absolute Gasteiger partial charge is 0.332 e. The molecule has 0 aliphatic rings. The highest BCUT2D eigenvalue weighted by Gasteiger charge is 2.21. The maximum Gasteiger partial charge on any atom is 0.332 e. The van der Waals surface area contributed by atoms with E-state index < -0.39 is 17.0 Å². The van der Waals surface area contributed by atoms with Crippen LogP contribution in [0.4, 0.5) is 5.82 Å². The number of hydrogen-bond donors (Lipinski definition) is 1. The molecular formula is C12H15N5O4S2. The monoisotopic (exact) mass is 357 g/mol. The van der Waals surface area contributed by atoms with Gasteiger partial charge in [0, 0.05) is 14.1 Å². The van der Waals surface area contributed by atoms with Crippen molar-refractivity contribution in [1.29, 1.82) is 0 Å². The molecule has 2 N–H and O–H groups in total. The number of nitrogen functional groups attached to an aromatic ring is 1. The normalized spacial score (nSPS) is 10.9. The molecule has 0 spiro atoms. The number of thioether (sulfide) groups is 2. The Morgan fingerprint density at radius 1 is 1.26 bits per heavy atom. The molecule has 0 amide bonds. The minimum atomic E-state index is -0.718. The molecule has 11 heteroatoms. The Bertz CT molecular complexity index is 854. The third-order valence-corrected chi connectivity index (χ3v) is 4.39. The van der Waals surface area contributed by atoms with Crippen molar-refractivity contribution in [3.05, 3.63) is 32.3 Å². The first-order valence-corrected chi connectivity index (χ1v) is 8.77. The van der Waals surface area contributed by atoms with Crippen LogP contribution < -0.4 is 17.0 Å². The van der Waals surface area contributed by atoms with Crippen LogP contribution in [0.25, 0.3) is 0 Å². The number of rotatable bonds is 6. The van der Waals surface area contributed by atoms with Crippen LogP contribution in [0.15, 0.2) is 19.2 Å². The summed E-state index contributed by atoms with van der Waals surface area (Å²) in [7, 11) is 2.69. The zero-order chi connectivity index (χ0) is 17.1. The van der Waals surface area contributed by atoms with E-state index in [0.717, 1.165) is 20.9 Å². The zero-order valence-electron chi connectivity index (χ0n) is 12.7. The van der Waals surface area contributed by atoms with Crippen molar-refractivity contribution in [2.24, 2.45) is 14.1 Å². The van der Waals surface area contributed by atoms with Crippen molar-refractivity contribution in [1.82, 2.24) is 19.3 Å². The molecule has 0 aromatic carbocycles. The van der Waals surface area contributed by atoms with Crippen LogP contribution in [-0.2, 0) is 19.8 Å². The van der Waals surface area contributed by atoms with E-state index in [1.807, 2.05) is 6.26 Å². The molecule has 9 nitrogen and oxygen atoms in total. The summed E-state index contributed by atoms with van der Waals surface area (Å²) in [5.41, 5.74) is 4.21. The summed E-state index contributed by atoms with van der Waals surface area (Å²) in [5, 5.41) is 7.87. The first-order valence-electron chi connectivity index (χ1n) is 6.39. The van der Waals surface area contributed by atoms with Gasteiger partial charge in [-0.1, -0.05) is 11.8 Å². The van der Waals surface area contributed by atoms with Crippen molar-refractivity contribution in [2.45, 2.75) is 11.0 Å². The molecule has 0 radical (unpaired) electrons. The summed E-state index contributed by atoms with van der Waals surface area (Å²) in [4.78, 5) is 36.1. The van der Waals surface area contributed by atoms with Gasteiger partial charge in [0.15, 0.2) is 5.78 Å². The van der Waals surface area contributed by atoms with Crippen molar-refractivity contribution in [3.8, 4) is 0 Å². The van der Waals surface area contributed by atoms with Crippen LogP contribution in [0, 0.1) is 0 Å². The molecule has 0 aliphatic carbocycles. The van der Waals surface area contributed by atoms with E-state index in [1.54, 1.807) is 0 Å². The molecule has 2 aromatic rings. The van der Waals surface area contributed by atoms with E-state index in [-0.39, 0.29) is 22.4 Å². The quantitative estimate of drug-likeness (QED) is 0.556. The van der Waals surface area contributed by atoms with Gasteiger partial charge in [-0.05, 0) is 6.26 Å². The average molecular weight is 357 g/mol. The van der Waals surface area contributed by atoms with Gasteiger partial charge < -0.3 is 10.2 Å². The highest BCUT2D eigenvalue weighted by Crippen LogP contribution is 2.19.